The summed E-state index contributed by atoms with van der Waals surface area (Å²) in [6.45, 7) is 0.393. The van der Waals surface area contributed by atoms with Crippen LogP contribution in [0, 0.1) is 0 Å². The molecule has 0 saturated heterocycles. The molecule has 4 heteroatoms. The molecule has 0 bridgehead atoms. The molecule has 0 amide bonds. The van der Waals surface area contributed by atoms with Crippen LogP contribution >= 0.6 is 24.0 Å². The smallest absolute Gasteiger partial charge is 0.306 e. The van der Waals surface area contributed by atoms with Gasteiger partial charge in [0.15, 0.2) is 0 Å². The molecule has 66 valence electrons. The maximum atomic E-state index is 10.9. The Kier molecular flexibility index (Phi) is 4.18. The molecule has 0 aliphatic carbocycles. The lowest BCUT2D eigenvalue weighted by molar-refractivity contribution is -0.144. The Hall–Kier alpha value is -0.480. The lowest BCUT2D eigenvalue weighted by atomic mass is 10.5. The zero-order chi connectivity index (χ0) is 8.81. The summed E-state index contributed by atoms with van der Waals surface area (Å²) in [5, 5.41) is 1.96. The number of carbonyl (C=O) groups excluding carboxylic acids is 1. The van der Waals surface area contributed by atoms with Crippen LogP contribution in [0.5, 0.6) is 0 Å². The highest BCUT2D eigenvalue weighted by molar-refractivity contribution is 7.80. The van der Waals surface area contributed by atoms with Gasteiger partial charge < -0.3 is 4.74 Å². The van der Waals surface area contributed by atoms with E-state index in [4.69, 9.17) is 4.74 Å². The Bertz CT molecular complexity index is 231. The van der Waals surface area contributed by atoms with E-state index in [0.29, 0.717) is 18.8 Å². The van der Waals surface area contributed by atoms with Crippen LogP contribution in [-0.2, 0) is 16.1 Å². The zero-order valence-corrected chi connectivity index (χ0v) is 8.24. The predicted octanol–water partition coefficient (Wildman–Crippen LogP) is 2.11. The number of thiol groups is 1. The molecule has 2 nitrogen and oxygen atoms in total. The first-order valence-corrected chi connectivity index (χ1v) is 5.13. The van der Waals surface area contributed by atoms with E-state index in [2.05, 4.69) is 12.6 Å². The normalized spacial score (nSPS) is 9.75. The highest BCUT2D eigenvalue weighted by Crippen LogP contribution is 2.09. The van der Waals surface area contributed by atoms with Crippen LogP contribution in [0.15, 0.2) is 17.5 Å². The van der Waals surface area contributed by atoms with Crippen LogP contribution in [-0.4, -0.2) is 11.7 Å². The Morgan fingerprint density at radius 1 is 1.67 bits per heavy atom. The van der Waals surface area contributed by atoms with Crippen LogP contribution < -0.4 is 0 Å². The van der Waals surface area contributed by atoms with Crippen LogP contribution in [0.3, 0.4) is 0 Å². The SMILES string of the molecule is O=C(CCS)OCc1cccs1. The lowest BCUT2D eigenvalue weighted by Gasteiger charge is -2.00. The highest BCUT2D eigenvalue weighted by atomic mass is 32.1. The molecule has 0 unspecified atom stereocenters. The Balaban J connectivity index is 2.22. The van der Waals surface area contributed by atoms with Gasteiger partial charge in [0.2, 0.25) is 0 Å². The number of esters is 1. The maximum Gasteiger partial charge on any atom is 0.306 e. The number of carbonyl (C=O) groups is 1. The van der Waals surface area contributed by atoms with Crippen molar-refractivity contribution in [2.75, 3.05) is 5.75 Å². The standard InChI is InChI=1S/C8H10O2S2/c9-8(3-4-11)10-6-7-2-1-5-12-7/h1-2,5,11H,3-4,6H2. The minimum atomic E-state index is -0.182. The third kappa shape index (κ3) is 3.28. The quantitative estimate of drug-likeness (QED) is 0.598. The molecule has 1 aromatic rings. The maximum absolute atomic E-state index is 10.9. The lowest BCUT2D eigenvalue weighted by Crippen LogP contribution is -2.03. The van der Waals surface area contributed by atoms with Gasteiger partial charge in [-0.25, -0.2) is 0 Å². The van der Waals surface area contributed by atoms with Crippen molar-refractivity contribution in [2.24, 2.45) is 0 Å². The Morgan fingerprint density at radius 3 is 3.08 bits per heavy atom. The Labute approximate surface area is 81.0 Å². The van der Waals surface area contributed by atoms with E-state index in [-0.39, 0.29) is 5.97 Å². The zero-order valence-electron chi connectivity index (χ0n) is 6.53. The first-order valence-electron chi connectivity index (χ1n) is 3.62. The molecule has 0 radical (unpaired) electrons. The van der Waals surface area contributed by atoms with Crippen molar-refractivity contribution in [3.05, 3.63) is 22.4 Å². The fourth-order valence-electron chi connectivity index (χ4n) is 0.710. The number of ether oxygens (including phenoxy) is 1. The number of hydrogen-bond donors (Lipinski definition) is 1. The van der Waals surface area contributed by atoms with Gasteiger partial charge in [0.05, 0.1) is 6.42 Å². The summed E-state index contributed by atoms with van der Waals surface area (Å²) in [6, 6.07) is 3.88. The van der Waals surface area contributed by atoms with Crippen LogP contribution in [0.2, 0.25) is 0 Å². The molecule has 12 heavy (non-hydrogen) atoms. The van der Waals surface area contributed by atoms with E-state index >= 15 is 0 Å². The van der Waals surface area contributed by atoms with Gasteiger partial charge in [-0.1, -0.05) is 6.07 Å². The molecular formula is C8H10O2S2. The third-order valence-corrected chi connectivity index (χ3v) is 2.34. The molecule has 0 saturated carbocycles. The van der Waals surface area contributed by atoms with E-state index in [0.717, 1.165) is 4.88 Å². The van der Waals surface area contributed by atoms with Gasteiger partial charge in [0.1, 0.15) is 6.61 Å². The first kappa shape index (κ1) is 9.61. The summed E-state index contributed by atoms with van der Waals surface area (Å²) in [6.07, 6.45) is 0.383. The van der Waals surface area contributed by atoms with Gasteiger partial charge in [-0.3, -0.25) is 4.79 Å². The van der Waals surface area contributed by atoms with Gasteiger partial charge in [0.25, 0.3) is 0 Å². The second-order valence-electron chi connectivity index (χ2n) is 2.21. The molecule has 0 aromatic carbocycles. The van der Waals surface area contributed by atoms with E-state index in [1.807, 2.05) is 17.5 Å². The number of rotatable bonds is 4. The van der Waals surface area contributed by atoms with Crippen molar-refractivity contribution in [3.63, 3.8) is 0 Å². The summed E-state index contributed by atoms with van der Waals surface area (Å²) in [5.41, 5.74) is 0. The molecule has 0 spiro atoms. The van der Waals surface area contributed by atoms with Crippen molar-refractivity contribution >= 4 is 29.9 Å². The van der Waals surface area contributed by atoms with Gasteiger partial charge in [-0.05, 0) is 11.4 Å². The minimum absolute atomic E-state index is 0.182. The molecule has 0 N–H and O–H groups in total. The van der Waals surface area contributed by atoms with Gasteiger partial charge in [-0.15, -0.1) is 11.3 Å². The number of hydrogen-bond acceptors (Lipinski definition) is 4. The second kappa shape index (κ2) is 5.22. The molecule has 0 atom stereocenters. The van der Waals surface area contributed by atoms with E-state index in [9.17, 15) is 4.79 Å². The minimum Gasteiger partial charge on any atom is -0.460 e. The summed E-state index contributed by atoms with van der Waals surface area (Å²) < 4.78 is 4.95. The molecule has 1 aromatic heterocycles. The fourth-order valence-corrected chi connectivity index (χ4v) is 1.51. The summed E-state index contributed by atoms with van der Waals surface area (Å²) in [5.74, 6) is 0.363. The molecule has 1 rings (SSSR count). The molecule has 0 aliphatic heterocycles. The molecular weight excluding hydrogens is 192 g/mol. The topological polar surface area (TPSA) is 26.3 Å². The summed E-state index contributed by atoms with van der Waals surface area (Å²) in [4.78, 5) is 11.9. The molecule has 0 aliphatic rings. The van der Waals surface area contributed by atoms with Crippen LogP contribution in [0.1, 0.15) is 11.3 Å². The summed E-state index contributed by atoms with van der Waals surface area (Å²) in [7, 11) is 0. The summed E-state index contributed by atoms with van der Waals surface area (Å²) >= 11 is 5.52. The van der Waals surface area contributed by atoms with Crippen molar-refractivity contribution in [3.8, 4) is 0 Å². The van der Waals surface area contributed by atoms with Crippen molar-refractivity contribution in [1.29, 1.82) is 0 Å². The van der Waals surface area contributed by atoms with Gasteiger partial charge in [0, 0.05) is 10.6 Å². The van der Waals surface area contributed by atoms with E-state index < -0.39 is 0 Å². The average Bonchev–Trinajstić information content (AvgIpc) is 2.53. The van der Waals surface area contributed by atoms with Crippen LogP contribution in [0.25, 0.3) is 0 Å². The van der Waals surface area contributed by atoms with E-state index in [1.165, 1.54) is 0 Å². The second-order valence-corrected chi connectivity index (χ2v) is 3.69. The average molecular weight is 202 g/mol. The highest BCUT2D eigenvalue weighted by Gasteiger charge is 2.01. The molecule has 1 heterocycles. The van der Waals surface area contributed by atoms with Crippen molar-refractivity contribution in [1.82, 2.24) is 0 Å². The first-order chi connectivity index (χ1) is 5.83. The van der Waals surface area contributed by atoms with Gasteiger partial charge in [-0.2, -0.15) is 12.6 Å². The predicted molar refractivity (Wildman–Crippen MR) is 52.6 cm³/mol. The van der Waals surface area contributed by atoms with E-state index in [1.54, 1.807) is 11.3 Å². The molecule has 0 fully saturated rings. The van der Waals surface area contributed by atoms with Crippen molar-refractivity contribution in [2.45, 2.75) is 13.0 Å². The largest absolute Gasteiger partial charge is 0.460 e. The Morgan fingerprint density at radius 2 is 2.50 bits per heavy atom. The van der Waals surface area contributed by atoms with Gasteiger partial charge >= 0.3 is 5.97 Å². The number of thiophene rings is 1. The monoisotopic (exact) mass is 202 g/mol. The fraction of sp³-hybridized carbons (Fsp3) is 0.375. The van der Waals surface area contributed by atoms with Crippen LogP contribution in [0.4, 0.5) is 0 Å². The third-order valence-electron chi connectivity index (χ3n) is 1.27. The van der Waals surface area contributed by atoms with Crippen molar-refractivity contribution < 1.29 is 9.53 Å².